The Morgan fingerprint density at radius 2 is 1.90 bits per heavy atom. The monoisotopic (exact) mass is 314 g/mol. The van der Waals surface area contributed by atoms with Gasteiger partial charge in [0.25, 0.3) is 0 Å². The van der Waals surface area contributed by atoms with Crippen LogP contribution in [-0.4, -0.2) is 21.1 Å². The summed E-state index contributed by atoms with van der Waals surface area (Å²) in [6.07, 6.45) is 2.41. The molecule has 0 heterocycles. The summed E-state index contributed by atoms with van der Waals surface area (Å²) in [6, 6.07) is 4.79. The molecule has 0 aliphatic carbocycles. The molecule has 120 valence electrons. The predicted octanol–water partition coefficient (Wildman–Crippen LogP) is 2.40. The molecule has 21 heavy (non-hydrogen) atoms. The fourth-order valence-corrected chi connectivity index (χ4v) is 3.43. The van der Waals surface area contributed by atoms with E-state index in [1.165, 1.54) is 0 Å². The molecule has 0 fully saturated rings. The van der Waals surface area contributed by atoms with Crippen molar-refractivity contribution in [1.29, 1.82) is 0 Å². The quantitative estimate of drug-likeness (QED) is 0.733. The van der Waals surface area contributed by atoms with Crippen molar-refractivity contribution >= 4 is 10.0 Å². The summed E-state index contributed by atoms with van der Waals surface area (Å²) in [5.41, 5.74) is 6.40. The van der Waals surface area contributed by atoms with Gasteiger partial charge in [-0.25, -0.2) is 13.1 Å². The summed E-state index contributed by atoms with van der Waals surface area (Å²) in [6.45, 7) is 6.77. The zero-order valence-electron chi connectivity index (χ0n) is 13.1. The molecule has 0 atom stereocenters. The second-order valence-electron chi connectivity index (χ2n) is 4.96. The van der Waals surface area contributed by atoms with E-state index in [9.17, 15) is 8.42 Å². The Morgan fingerprint density at radius 3 is 2.43 bits per heavy atom. The molecule has 0 aliphatic rings. The lowest BCUT2D eigenvalue weighted by atomic mass is 10.2. The molecular weight excluding hydrogens is 288 g/mol. The molecule has 1 aromatic carbocycles. The van der Waals surface area contributed by atoms with E-state index in [1.807, 2.05) is 20.8 Å². The number of benzene rings is 1. The Bertz CT molecular complexity index is 540. The number of ether oxygens (including phenoxy) is 1. The zero-order valence-corrected chi connectivity index (χ0v) is 13.9. The normalized spacial score (nSPS) is 11.9. The Kier molecular flexibility index (Phi) is 7.14. The first-order valence-corrected chi connectivity index (χ1v) is 8.94. The molecule has 0 amide bonds. The number of sulfonamides is 1. The van der Waals surface area contributed by atoms with Crippen LogP contribution < -0.4 is 15.2 Å². The standard InChI is InChI=1S/C15H26N2O3S/c1-4-9-20-15-8-7-14(10-12(15)11-16)21(18,19)17-13(5-2)6-3/h7-8,10,13,17H,4-6,9,11,16H2,1-3H3. The lowest BCUT2D eigenvalue weighted by molar-refractivity contribution is 0.314. The first kappa shape index (κ1) is 17.9. The Labute approximate surface area is 127 Å². The van der Waals surface area contributed by atoms with Gasteiger partial charge in [-0.05, 0) is 37.5 Å². The van der Waals surface area contributed by atoms with Gasteiger partial charge in [0.05, 0.1) is 11.5 Å². The van der Waals surface area contributed by atoms with Gasteiger partial charge in [-0.3, -0.25) is 0 Å². The average Bonchev–Trinajstić information content (AvgIpc) is 2.50. The Hall–Kier alpha value is -1.11. The van der Waals surface area contributed by atoms with Crippen molar-refractivity contribution in [3.63, 3.8) is 0 Å². The van der Waals surface area contributed by atoms with Crippen molar-refractivity contribution in [3.05, 3.63) is 23.8 Å². The third-order valence-corrected chi connectivity index (χ3v) is 4.85. The van der Waals surface area contributed by atoms with E-state index >= 15 is 0 Å². The van der Waals surface area contributed by atoms with E-state index in [1.54, 1.807) is 18.2 Å². The topological polar surface area (TPSA) is 81.4 Å². The largest absolute Gasteiger partial charge is 0.493 e. The van der Waals surface area contributed by atoms with Gasteiger partial charge >= 0.3 is 0 Å². The fourth-order valence-electron chi connectivity index (χ4n) is 1.98. The van der Waals surface area contributed by atoms with Crippen molar-refractivity contribution < 1.29 is 13.2 Å². The minimum absolute atomic E-state index is 0.0488. The van der Waals surface area contributed by atoms with Gasteiger partial charge in [0, 0.05) is 18.2 Å². The Morgan fingerprint density at radius 1 is 1.24 bits per heavy atom. The number of hydrogen-bond acceptors (Lipinski definition) is 4. The van der Waals surface area contributed by atoms with Gasteiger partial charge in [0.15, 0.2) is 0 Å². The number of rotatable bonds is 9. The van der Waals surface area contributed by atoms with Crippen LogP contribution in [-0.2, 0) is 16.6 Å². The molecule has 0 aromatic heterocycles. The maximum atomic E-state index is 12.4. The molecule has 0 radical (unpaired) electrons. The maximum absolute atomic E-state index is 12.4. The van der Waals surface area contributed by atoms with Gasteiger partial charge < -0.3 is 10.5 Å². The van der Waals surface area contributed by atoms with Crippen molar-refractivity contribution in [3.8, 4) is 5.75 Å². The highest BCUT2D eigenvalue weighted by Gasteiger charge is 2.19. The molecule has 0 saturated carbocycles. The summed E-state index contributed by atoms with van der Waals surface area (Å²) in [7, 11) is -3.51. The molecule has 0 bridgehead atoms. The van der Waals surface area contributed by atoms with Crippen molar-refractivity contribution in [1.82, 2.24) is 4.72 Å². The SMILES string of the molecule is CCCOc1ccc(S(=O)(=O)NC(CC)CC)cc1CN. The highest BCUT2D eigenvalue weighted by atomic mass is 32.2. The van der Waals surface area contributed by atoms with Gasteiger partial charge in [0.1, 0.15) is 5.75 Å². The molecule has 6 heteroatoms. The van der Waals surface area contributed by atoms with Crippen LogP contribution >= 0.6 is 0 Å². The highest BCUT2D eigenvalue weighted by molar-refractivity contribution is 7.89. The number of hydrogen-bond donors (Lipinski definition) is 2. The van der Waals surface area contributed by atoms with Gasteiger partial charge in [0.2, 0.25) is 10.0 Å². The number of nitrogens with one attached hydrogen (secondary N) is 1. The minimum Gasteiger partial charge on any atom is -0.493 e. The van der Waals surface area contributed by atoms with Gasteiger partial charge in [-0.2, -0.15) is 0 Å². The lowest BCUT2D eigenvalue weighted by Gasteiger charge is -2.16. The van der Waals surface area contributed by atoms with E-state index in [4.69, 9.17) is 10.5 Å². The van der Waals surface area contributed by atoms with Crippen LogP contribution in [0.5, 0.6) is 5.75 Å². The molecule has 1 aromatic rings. The van der Waals surface area contributed by atoms with Crippen LogP contribution in [0.1, 0.15) is 45.6 Å². The summed E-state index contributed by atoms with van der Waals surface area (Å²) < 4.78 is 33.0. The summed E-state index contributed by atoms with van der Waals surface area (Å²) in [5.74, 6) is 0.654. The van der Waals surface area contributed by atoms with E-state index in [0.717, 1.165) is 19.3 Å². The molecule has 0 saturated heterocycles. The van der Waals surface area contributed by atoms with E-state index in [0.29, 0.717) is 17.9 Å². The third-order valence-electron chi connectivity index (χ3n) is 3.33. The predicted molar refractivity (Wildman–Crippen MR) is 84.8 cm³/mol. The fraction of sp³-hybridized carbons (Fsp3) is 0.600. The smallest absolute Gasteiger partial charge is 0.240 e. The number of nitrogens with two attached hydrogens (primary N) is 1. The van der Waals surface area contributed by atoms with Crippen molar-refractivity contribution in [2.24, 2.45) is 5.73 Å². The molecule has 1 rings (SSSR count). The maximum Gasteiger partial charge on any atom is 0.240 e. The van der Waals surface area contributed by atoms with Gasteiger partial charge in [-0.1, -0.05) is 20.8 Å². The molecule has 3 N–H and O–H groups in total. The van der Waals surface area contributed by atoms with Crippen LogP contribution in [0.2, 0.25) is 0 Å². The third kappa shape index (κ3) is 4.98. The molecule has 0 spiro atoms. The van der Waals surface area contributed by atoms with E-state index < -0.39 is 10.0 Å². The molecular formula is C15H26N2O3S. The lowest BCUT2D eigenvalue weighted by Crippen LogP contribution is -2.33. The Balaban J connectivity index is 3.02. The van der Waals surface area contributed by atoms with E-state index in [2.05, 4.69) is 4.72 Å². The van der Waals surface area contributed by atoms with Crippen LogP contribution in [0, 0.1) is 0 Å². The second kappa shape index (κ2) is 8.36. The van der Waals surface area contributed by atoms with Crippen LogP contribution in [0.3, 0.4) is 0 Å². The summed E-state index contributed by atoms with van der Waals surface area (Å²) >= 11 is 0. The molecule has 0 unspecified atom stereocenters. The zero-order chi connectivity index (χ0) is 15.9. The first-order chi connectivity index (χ1) is 9.98. The second-order valence-corrected chi connectivity index (χ2v) is 6.67. The first-order valence-electron chi connectivity index (χ1n) is 7.46. The van der Waals surface area contributed by atoms with Crippen molar-refractivity contribution in [2.45, 2.75) is 57.5 Å². The summed E-state index contributed by atoms with van der Waals surface area (Å²) in [5, 5.41) is 0. The molecule has 5 nitrogen and oxygen atoms in total. The molecule has 0 aliphatic heterocycles. The van der Waals surface area contributed by atoms with Gasteiger partial charge in [-0.15, -0.1) is 0 Å². The summed E-state index contributed by atoms with van der Waals surface area (Å²) in [4.78, 5) is 0.235. The van der Waals surface area contributed by atoms with Crippen LogP contribution in [0.15, 0.2) is 23.1 Å². The van der Waals surface area contributed by atoms with Crippen molar-refractivity contribution in [2.75, 3.05) is 6.61 Å². The van der Waals surface area contributed by atoms with Crippen LogP contribution in [0.25, 0.3) is 0 Å². The highest BCUT2D eigenvalue weighted by Crippen LogP contribution is 2.23. The van der Waals surface area contributed by atoms with E-state index in [-0.39, 0.29) is 17.5 Å². The minimum atomic E-state index is -3.51. The van der Waals surface area contributed by atoms with Crippen LogP contribution in [0.4, 0.5) is 0 Å². The average molecular weight is 314 g/mol.